The number of hydrogen-bond donors (Lipinski definition) is 3. The predicted molar refractivity (Wildman–Crippen MR) is 169 cm³/mol. The summed E-state index contributed by atoms with van der Waals surface area (Å²) in [5.74, 6) is -1.10. The van der Waals surface area contributed by atoms with Gasteiger partial charge in [-0.25, -0.2) is 15.3 Å². The fourth-order valence-corrected chi connectivity index (χ4v) is 5.97. The van der Waals surface area contributed by atoms with Crippen LogP contribution in [0, 0.1) is 5.53 Å². The van der Waals surface area contributed by atoms with Gasteiger partial charge in [-0.1, -0.05) is 43.5 Å². The number of alkyl halides is 3. The number of benzene rings is 3. The van der Waals surface area contributed by atoms with E-state index in [9.17, 15) is 22.8 Å². The summed E-state index contributed by atoms with van der Waals surface area (Å²) in [5.41, 5.74) is 15.3. The lowest BCUT2D eigenvalue weighted by atomic mass is 9.84. The first-order valence-electron chi connectivity index (χ1n) is 14.4. The molecule has 1 aromatic heterocycles. The molecular formula is C32H30F3N7O3S. The standard InChI is InChI=1S/C32H30F3N7O3S/c33-32(34,35)45-27-15-12-24(18-26(27)29-38-16-17-46-29)39-31(44)42(25-13-10-22(11-14-25)21-4-2-1-3-5-21)19-20-6-8-23(9-7-20)28(43)40-30(36)41-37/h6-18,21,37H,1-5,19H2,(H,39,44)(H2,36,40,43). The van der Waals surface area contributed by atoms with Gasteiger partial charge in [0.25, 0.3) is 5.91 Å². The Labute approximate surface area is 266 Å². The van der Waals surface area contributed by atoms with Crippen molar-refractivity contribution in [2.75, 3.05) is 10.2 Å². The number of rotatable bonds is 8. The first-order valence-corrected chi connectivity index (χ1v) is 15.3. The lowest BCUT2D eigenvalue weighted by Crippen LogP contribution is -2.34. The fraction of sp³-hybridized carbons (Fsp3) is 0.250. The molecule has 0 saturated heterocycles. The molecule has 3 aromatic carbocycles. The number of urea groups is 1. The van der Waals surface area contributed by atoms with Crippen molar-refractivity contribution in [2.24, 2.45) is 15.8 Å². The molecule has 1 aliphatic carbocycles. The minimum absolute atomic E-state index is 0.0790. The number of carbonyl (C=O) groups is 2. The molecule has 0 atom stereocenters. The number of amides is 3. The smallest absolute Gasteiger partial charge is 0.405 e. The number of halogens is 3. The van der Waals surface area contributed by atoms with Crippen LogP contribution >= 0.6 is 11.3 Å². The van der Waals surface area contributed by atoms with Crippen molar-refractivity contribution in [3.63, 3.8) is 0 Å². The Morgan fingerprint density at radius 1 is 1.04 bits per heavy atom. The largest absolute Gasteiger partial charge is 0.573 e. The molecular weight excluding hydrogens is 619 g/mol. The van der Waals surface area contributed by atoms with E-state index >= 15 is 0 Å². The molecule has 10 nitrogen and oxygen atoms in total. The lowest BCUT2D eigenvalue weighted by molar-refractivity contribution is -0.274. The van der Waals surface area contributed by atoms with Gasteiger partial charge in [-0.2, -0.15) is 4.99 Å². The summed E-state index contributed by atoms with van der Waals surface area (Å²) in [4.78, 5) is 35.3. The molecule has 4 aromatic rings. The van der Waals surface area contributed by atoms with Gasteiger partial charge in [0.05, 0.1) is 12.1 Å². The minimum Gasteiger partial charge on any atom is -0.405 e. The second-order valence-electron chi connectivity index (χ2n) is 10.6. The zero-order valence-electron chi connectivity index (χ0n) is 24.5. The average Bonchev–Trinajstić information content (AvgIpc) is 3.59. The van der Waals surface area contributed by atoms with Crippen molar-refractivity contribution < 1.29 is 27.5 Å². The molecule has 4 N–H and O–H groups in total. The van der Waals surface area contributed by atoms with Gasteiger partial charge in [0.15, 0.2) is 0 Å². The van der Waals surface area contributed by atoms with Crippen LogP contribution in [0.5, 0.6) is 5.75 Å². The number of anilines is 2. The summed E-state index contributed by atoms with van der Waals surface area (Å²) in [6.07, 6.45) is 2.40. The zero-order chi connectivity index (χ0) is 32.7. The summed E-state index contributed by atoms with van der Waals surface area (Å²) in [5, 5.41) is 7.64. The zero-order valence-corrected chi connectivity index (χ0v) is 25.3. The van der Waals surface area contributed by atoms with Crippen LogP contribution in [0.25, 0.3) is 10.6 Å². The first-order chi connectivity index (χ1) is 22.1. The van der Waals surface area contributed by atoms with Crippen molar-refractivity contribution in [2.45, 2.75) is 50.9 Å². The third-order valence-corrected chi connectivity index (χ3v) is 8.32. The fourth-order valence-electron chi connectivity index (χ4n) is 5.31. The van der Waals surface area contributed by atoms with Crippen LogP contribution < -0.4 is 20.7 Å². The highest BCUT2D eigenvalue weighted by Gasteiger charge is 2.33. The van der Waals surface area contributed by atoms with E-state index in [1.54, 1.807) is 17.5 Å². The van der Waals surface area contributed by atoms with Gasteiger partial charge < -0.3 is 15.8 Å². The SMILES string of the molecule is N=NC(N)=NC(=O)c1ccc(CN(C(=O)Nc2ccc(OC(F)(F)F)c(-c3nccs3)c2)c2ccc(C3CCCCC3)cc2)cc1. The Bertz CT molecular complexity index is 1700. The molecule has 0 bridgehead atoms. The van der Waals surface area contributed by atoms with E-state index in [2.05, 4.69) is 25.1 Å². The van der Waals surface area contributed by atoms with Gasteiger partial charge >= 0.3 is 12.4 Å². The Morgan fingerprint density at radius 2 is 1.76 bits per heavy atom. The van der Waals surface area contributed by atoms with E-state index in [4.69, 9.17) is 11.3 Å². The molecule has 1 fully saturated rings. The van der Waals surface area contributed by atoms with E-state index in [1.165, 1.54) is 60.2 Å². The van der Waals surface area contributed by atoms with Gasteiger partial charge in [0.1, 0.15) is 10.8 Å². The Morgan fingerprint density at radius 3 is 2.39 bits per heavy atom. The van der Waals surface area contributed by atoms with Crippen LogP contribution in [0.3, 0.4) is 0 Å². The van der Waals surface area contributed by atoms with Gasteiger partial charge in [0, 0.05) is 28.5 Å². The highest BCUT2D eigenvalue weighted by atomic mass is 32.1. The number of aliphatic imine (C=N–C) groups is 1. The summed E-state index contributed by atoms with van der Waals surface area (Å²) in [6, 6.07) is 17.5. The van der Waals surface area contributed by atoms with E-state index in [0.717, 1.165) is 30.2 Å². The maximum absolute atomic E-state index is 13.8. The minimum atomic E-state index is -4.91. The molecule has 0 unspecified atom stereocenters. The van der Waals surface area contributed by atoms with Crippen LogP contribution in [0.15, 0.2) is 88.4 Å². The predicted octanol–water partition coefficient (Wildman–Crippen LogP) is 8.48. The van der Waals surface area contributed by atoms with E-state index < -0.39 is 30.0 Å². The Kier molecular flexibility index (Phi) is 10.1. The number of ether oxygens (including phenoxy) is 1. The number of nitrogens with two attached hydrogens (primary N) is 1. The second-order valence-corrected chi connectivity index (χ2v) is 11.5. The molecule has 1 saturated carbocycles. The molecule has 5 rings (SSSR count). The number of nitrogens with zero attached hydrogens (tertiary/aromatic N) is 4. The quantitative estimate of drug-likeness (QED) is 0.0995. The molecule has 1 aliphatic rings. The van der Waals surface area contributed by atoms with Gasteiger partial charge in [0.2, 0.25) is 5.96 Å². The van der Waals surface area contributed by atoms with E-state index in [0.29, 0.717) is 22.2 Å². The van der Waals surface area contributed by atoms with Crippen molar-refractivity contribution in [1.29, 1.82) is 5.53 Å². The molecule has 46 heavy (non-hydrogen) atoms. The van der Waals surface area contributed by atoms with Gasteiger partial charge in [-0.15, -0.1) is 29.6 Å². The Hall–Kier alpha value is -5.11. The maximum Gasteiger partial charge on any atom is 0.573 e. The van der Waals surface area contributed by atoms with Crippen molar-refractivity contribution in [3.05, 3.63) is 95.0 Å². The van der Waals surface area contributed by atoms with Crippen LogP contribution in [-0.4, -0.2) is 29.2 Å². The highest BCUT2D eigenvalue weighted by Crippen LogP contribution is 2.37. The number of carbonyl (C=O) groups excluding carboxylic acids is 2. The van der Waals surface area contributed by atoms with Crippen LogP contribution in [0.2, 0.25) is 0 Å². The maximum atomic E-state index is 13.8. The van der Waals surface area contributed by atoms with Gasteiger partial charge in [-0.05, 0) is 72.4 Å². The first kappa shape index (κ1) is 32.3. The third-order valence-electron chi connectivity index (χ3n) is 7.52. The van der Waals surface area contributed by atoms with E-state index in [-0.39, 0.29) is 23.4 Å². The lowest BCUT2D eigenvalue weighted by Gasteiger charge is -2.26. The third kappa shape index (κ3) is 8.33. The molecule has 3 amide bonds. The molecule has 0 radical (unpaired) electrons. The molecule has 14 heteroatoms. The molecule has 238 valence electrons. The van der Waals surface area contributed by atoms with Gasteiger partial charge in [-0.3, -0.25) is 9.69 Å². The van der Waals surface area contributed by atoms with Crippen LogP contribution in [-0.2, 0) is 6.54 Å². The monoisotopic (exact) mass is 649 g/mol. The molecule has 1 heterocycles. The second kappa shape index (κ2) is 14.3. The normalized spacial score (nSPS) is 14.0. The van der Waals surface area contributed by atoms with E-state index in [1.807, 2.05) is 24.3 Å². The summed E-state index contributed by atoms with van der Waals surface area (Å²) < 4.78 is 43.5. The number of thiazole rings is 1. The Balaban J connectivity index is 1.43. The summed E-state index contributed by atoms with van der Waals surface area (Å²) in [7, 11) is 0. The van der Waals surface area contributed by atoms with Crippen molar-refractivity contribution >= 4 is 40.6 Å². The highest BCUT2D eigenvalue weighted by molar-refractivity contribution is 7.13. The van der Waals surface area contributed by atoms with Crippen LogP contribution in [0.4, 0.5) is 29.3 Å². The van der Waals surface area contributed by atoms with Crippen molar-refractivity contribution in [1.82, 2.24) is 4.98 Å². The van der Waals surface area contributed by atoms with Crippen molar-refractivity contribution in [3.8, 4) is 16.3 Å². The topological polar surface area (TPSA) is 146 Å². The molecule has 0 spiro atoms. The van der Waals surface area contributed by atoms with Crippen LogP contribution in [0.1, 0.15) is 59.5 Å². The summed E-state index contributed by atoms with van der Waals surface area (Å²) >= 11 is 1.13. The average molecular weight is 650 g/mol. The number of guanidine groups is 1. The summed E-state index contributed by atoms with van der Waals surface area (Å²) in [6.45, 7) is 0.102. The number of hydrogen-bond acceptors (Lipinski definition) is 6. The number of nitrogens with one attached hydrogen (secondary N) is 2. The number of aromatic nitrogens is 1. The molecule has 0 aliphatic heterocycles.